The number of carbonyl (C=O) groups excluding carboxylic acids is 1. The SMILES string of the molecule is O=C(CSc1nnc(-c2cccc(Br)c2)o1)Nc1ncc(Br)cc1Br. The van der Waals surface area contributed by atoms with Crippen molar-refractivity contribution in [3.63, 3.8) is 0 Å². The van der Waals surface area contributed by atoms with Gasteiger partial charge in [0.2, 0.25) is 11.8 Å². The van der Waals surface area contributed by atoms with Gasteiger partial charge >= 0.3 is 0 Å². The summed E-state index contributed by atoms with van der Waals surface area (Å²) in [6.07, 6.45) is 1.61. The largest absolute Gasteiger partial charge is 0.411 e. The Morgan fingerprint density at radius 2 is 2.00 bits per heavy atom. The molecule has 0 aliphatic rings. The van der Waals surface area contributed by atoms with Crippen LogP contribution >= 0.6 is 59.6 Å². The molecule has 0 aliphatic carbocycles. The predicted octanol–water partition coefficient (Wildman–Crippen LogP) is 5.15. The van der Waals surface area contributed by atoms with Crippen LogP contribution in [0.25, 0.3) is 11.5 Å². The zero-order chi connectivity index (χ0) is 17.8. The molecule has 2 heterocycles. The maximum atomic E-state index is 12.0. The van der Waals surface area contributed by atoms with Crippen molar-refractivity contribution in [2.24, 2.45) is 0 Å². The number of hydrogen-bond donors (Lipinski definition) is 1. The van der Waals surface area contributed by atoms with Crippen LogP contribution in [0.15, 0.2) is 59.6 Å². The zero-order valence-corrected chi connectivity index (χ0v) is 17.9. The van der Waals surface area contributed by atoms with Crippen molar-refractivity contribution >= 4 is 71.3 Å². The summed E-state index contributed by atoms with van der Waals surface area (Å²) in [5, 5.41) is 11.0. The zero-order valence-electron chi connectivity index (χ0n) is 12.4. The molecule has 0 spiro atoms. The quantitative estimate of drug-likeness (QED) is 0.444. The van der Waals surface area contributed by atoms with E-state index in [1.54, 1.807) is 12.3 Å². The average Bonchev–Trinajstić information content (AvgIpc) is 3.05. The minimum Gasteiger partial charge on any atom is -0.411 e. The maximum Gasteiger partial charge on any atom is 0.277 e. The number of hydrogen-bond acceptors (Lipinski definition) is 6. The standard InChI is InChI=1S/C15H9Br3N4O2S/c16-9-3-1-2-8(4-9)14-21-22-15(24-14)25-7-12(23)20-13-11(18)5-10(17)6-19-13/h1-6H,7H2,(H,19,20,23). The van der Waals surface area contributed by atoms with Gasteiger partial charge in [-0.1, -0.05) is 33.8 Å². The molecule has 2 aromatic heterocycles. The van der Waals surface area contributed by atoms with E-state index in [1.807, 2.05) is 24.3 Å². The van der Waals surface area contributed by atoms with Crippen LogP contribution in [0.2, 0.25) is 0 Å². The van der Waals surface area contributed by atoms with E-state index in [-0.39, 0.29) is 11.7 Å². The molecule has 3 aromatic rings. The Morgan fingerprint density at radius 3 is 2.76 bits per heavy atom. The molecule has 25 heavy (non-hydrogen) atoms. The lowest BCUT2D eigenvalue weighted by atomic mass is 10.2. The summed E-state index contributed by atoms with van der Waals surface area (Å²) in [5.41, 5.74) is 0.807. The van der Waals surface area contributed by atoms with E-state index in [2.05, 4.69) is 68.3 Å². The highest BCUT2D eigenvalue weighted by molar-refractivity contribution is 9.11. The number of anilines is 1. The van der Waals surface area contributed by atoms with Crippen LogP contribution in [0.1, 0.15) is 0 Å². The number of carbonyl (C=O) groups is 1. The van der Waals surface area contributed by atoms with Gasteiger partial charge in [-0.25, -0.2) is 4.98 Å². The minimum absolute atomic E-state index is 0.129. The molecule has 0 aliphatic heterocycles. The molecule has 0 radical (unpaired) electrons. The molecular weight excluding hydrogens is 540 g/mol. The fourth-order valence-electron chi connectivity index (χ4n) is 1.81. The molecule has 0 fully saturated rings. The Kier molecular flexibility index (Phi) is 6.26. The minimum atomic E-state index is -0.220. The van der Waals surface area contributed by atoms with E-state index in [0.29, 0.717) is 21.4 Å². The molecule has 10 heteroatoms. The Hall–Kier alpha value is -1.23. The average molecular weight is 549 g/mol. The molecule has 3 rings (SSSR count). The van der Waals surface area contributed by atoms with E-state index in [0.717, 1.165) is 26.3 Å². The summed E-state index contributed by atoms with van der Waals surface area (Å²) in [6, 6.07) is 9.35. The normalized spacial score (nSPS) is 10.7. The van der Waals surface area contributed by atoms with Gasteiger partial charge in [0.1, 0.15) is 5.82 Å². The highest BCUT2D eigenvalue weighted by atomic mass is 79.9. The number of thioether (sulfide) groups is 1. The van der Waals surface area contributed by atoms with Crippen LogP contribution in [0.4, 0.5) is 5.82 Å². The van der Waals surface area contributed by atoms with Crippen LogP contribution in [0.5, 0.6) is 0 Å². The van der Waals surface area contributed by atoms with Gasteiger partial charge in [-0.15, -0.1) is 10.2 Å². The molecule has 6 nitrogen and oxygen atoms in total. The molecule has 1 N–H and O–H groups in total. The lowest BCUT2D eigenvalue weighted by Gasteiger charge is -2.05. The molecule has 0 atom stereocenters. The second-order valence-corrected chi connectivity index (χ2v) is 8.32. The monoisotopic (exact) mass is 546 g/mol. The maximum absolute atomic E-state index is 12.0. The molecule has 0 saturated carbocycles. The van der Waals surface area contributed by atoms with Crippen LogP contribution in [0, 0.1) is 0 Å². The smallest absolute Gasteiger partial charge is 0.277 e. The van der Waals surface area contributed by atoms with E-state index in [9.17, 15) is 4.79 Å². The van der Waals surface area contributed by atoms with Gasteiger partial charge in [0.05, 0.1) is 10.2 Å². The summed E-state index contributed by atoms with van der Waals surface area (Å²) >= 11 is 11.2. The van der Waals surface area contributed by atoms with Crippen molar-refractivity contribution in [2.45, 2.75) is 5.22 Å². The highest BCUT2D eigenvalue weighted by Gasteiger charge is 2.13. The van der Waals surface area contributed by atoms with E-state index in [4.69, 9.17) is 4.42 Å². The third-order valence-corrected chi connectivity index (χ3v) is 5.22. The predicted molar refractivity (Wildman–Crippen MR) is 106 cm³/mol. The lowest BCUT2D eigenvalue weighted by molar-refractivity contribution is -0.113. The molecule has 1 amide bonds. The van der Waals surface area contributed by atoms with Gasteiger partial charge in [0.25, 0.3) is 5.22 Å². The number of nitrogens with one attached hydrogen (secondary N) is 1. The first-order valence-electron chi connectivity index (χ1n) is 6.84. The van der Waals surface area contributed by atoms with Crippen LogP contribution < -0.4 is 5.32 Å². The molecule has 1 aromatic carbocycles. The number of rotatable bonds is 5. The number of pyridine rings is 1. The van der Waals surface area contributed by atoms with E-state index in [1.165, 1.54) is 0 Å². The third-order valence-electron chi connectivity index (χ3n) is 2.87. The van der Waals surface area contributed by atoms with Gasteiger partial charge in [0.15, 0.2) is 0 Å². The molecule has 0 saturated heterocycles. The first-order chi connectivity index (χ1) is 12.0. The Balaban J connectivity index is 1.59. The molecule has 128 valence electrons. The van der Waals surface area contributed by atoms with Crippen LogP contribution in [-0.4, -0.2) is 26.8 Å². The van der Waals surface area contributed by atoms with E-state index < -0.39 is 0 Å². The summed E-state index contributed by atoms with van der Waals surface area (Å²) in [4.78, 5) is 16.2. The van der Waals surface area contributed by atoms with Gasteiger partial charge in [-0.2, -0.15) is 0 Å². The Labute approximate surface area is 172 Å². The number of aromatic nitrogens is 3. The topological polar surface area (TPSA) is 80.9 Å². The first-order valence-corrected chi connectivity index (χ1v) is 10.2. The number of amides is 1. The fourth-order valence-corrected chi connectivity index (χ4v) is 3.86. The second kappa shape index (κ2) is 8.43. The summed E-state index contributed by atoms with van der Waals surface area (Å²) in [7, 11) is 0. The van der Waals surface area contributed by atoms with Crippen molar-refractivity contribution < 1.29 is 9.21 Å². The van der Waals surface area contributed by atoms with Crippen molar-refractivity contribution in [3.8, 4) is 11.5 Å². The van der Waals surface area contributed by atoms with Crippen molar-refractivity contribution in [1.82, 2.24) is 15.2 Å². The lowest BCUT2D eigenvalue weighted by Crippen LogP contribution is -2.15. The van der Waals surface area contributed by atoms with Crippen LogP contribution in [-0.2, 0) is 4.79 Å². The molecular formula is C15H9Br3N4O2S. The summed E-state index contributed by atoms with van der Waals surface area (Å²) in [6.45, 7) is 0. The van der Waals surface area contributed by atoms with Crippen molar-refractivity contribution in [3.05, 3.63) is 49.9 Å². The second-order valence-electron chi connectivity index (χ2n) is 4.70. The third kappa shape index (κ3) is 5.13. The van der Waals surface area contributed by atoms with Crippen molar-refractivity contribution in [1.29, 1.82) is 0 Å². The van der Waals surface area contributed by atoms with Gasteiger partial charge in [-0.05, 0) is 56.1 Å². The number of halogens is 3. The summed E-state index contributed by atoms with van der Waals surface area (Å²) < 4.78 is 8.00. The number of benzene rings is 1. The van der Waals surface area contributed by atoms with Crippen LogP contribution in [0.3, 0.4) is 0 Å². The number of nitrogens with zero attached hydrogens (tertiary/aromatic N) is 3. The fraction of sp³-hybridized carbons (Fsp3) is 0.0667. The van der Waals surface area contributed by atoms with Gasteiger partial charge < -0.3 is 9.73 Å². The highest BCUT2D eigenvalue weighted by Crippen LogP contribution is 2.26. The van der Waals surface area contributed by atoms with Gasteiger partial charge in [0, 0.05) is 20.7 Å². The Bertz CT molecular complexity index is 919. The molecule has 0 bridgehead atoms. The first kappa shape index (κ1) is 18.6. The van der Waals surface area contributed by atoms with E-state index >= 15 is 0 Å². The van der Waals surface area contributed by atoms with Crippen molar-refractivity contribution in [2.75, 3.05) is 11.1 Å². The summed E-state index contributed by atoms with van der Waals surface area (Å²) in [5.74, 6) is 0.767. The Morgan fingerprint density at radius 1 is 1.16 bits per heavy atom. The molecule has 0 unspecified atom stereocenters. The van der Waals surface area contributed by atoms with Gasteiger partial charge in [-0.3, -0.25) is 4.79 Å².